The Labute approximate surface area is 109 Å². The minimum absolute atomic E-state index is 0.508. The lowest BCUT2D eigenvalue weighted by Crippen LogP contribution is -1.95. The maximum absolute atomic E-state index is 6.17. The largest absolute Gasteiger partial charge is 0.262 e. The zero-order valence-electron chi connectivity index (χ0n) is 10.1. The third-order valence-electron chi connectivity index (χ3n) is 3.12. The van der Waals surface area contributed by atoms with Crippen molar-refractivity contribution in [2.24, 2.45) is 0 Å². The Balaban J connectivity index is 2.36. The van der Waals surface area contributed by atoms with Crippen molar-refractivity contribution in [1.29, 1.82) is 0 Å². The molecule has 0 aliphatic heterocycles. The van der Waals surface area contributed by atoms with Gasteiger partial charge in [0.1, 0.15) is 5.15 Å². The molecule has 0 saturated heterocycles. The van der Waals surface area contributed by atoms with Crippen LogP contribution in [0.3, 0.4) is 0 Å². The number of halogens is 1. The van der Waals surface area contributed by atoms with Crippen molar-refractivity contribution in [2.75, 3.05) is 0 Å². The first-order valence-corrected chi connectivity index (χ1v) is 5.97. The second kappa shape index (κ2) is 4.07. The van der Waals surface area contributed by atoms with Gasteiger partial charge in [0.2, 0.25) is 0 Å². The Bertz CT molecular complexity index is 733. The molecule has 0 atom stereocenters. The molecule has 4 nitrogen and oxygen atoms in total. The third-order valence-corrected chi connectivity index (χ3v) is 3.38. The van der Waals surface area contributed by atoms with Crippen LogP contribution in [-0.2, 0) is 0 Å². The third kappa shape index (κ3) is 1.57. The Morgan fingerprint density at radius 1 is 1.11 bits per heavy atom. The molecular formula is C13H11ClN4. The van der Waals surface area contributed by atoms with Crippen LogP contribution in [0.1, 0.15) is 11.1 Å². The lowest BCUT2D eigenvalue weighted by atomic mass is 10.0. The fourth-order valence-corrected chi connectivity index (χ4v) is 2.20. The molecule has 0 spiro atoms. The molecule has 90 valence electrons. The second-order valence-electron chi connectivity index (χ2n) is 4.19. The summed E-state index contributed by atoms with van der Waals surface area (Å²) in [5.74, 6) is 0.749. The highest BCUT2D eigenvalue weighted by atomic mass is 35.5. The summed E-state index contributed by atoms with van der Waals surface area (Å²) in [5.41, 5.74) is 4.09. The normalized spacial score (nSPS) is 11.1. The number of aryl methyl sites for hydroxylation is 1. The van der Waals surface area contributed by atoms with Crippen molar-refractivity contribution in [1.82, 2.24) is 19.6 Å². The molecule has 0 aliphatic rings. The summed E-state index contributed by atoms with van der Waals surface area (Å²) in [4.78, 5) is 4.00. The number of rotatable bonds is 1. The van der Waals surface area contributed by atoms with Gasteiger partial charge < -0.3 is 0 Å². The Hall–Kier alpha value is -1.94. The summed E-state index contributed by atoms with van der Waals surface area (Å²) in [7, 11) is 0. The average molecular weight is 259 g/mol. The number of hydrogen-bond acceptors (Lipinski definition) is 3. The molecule has 2 heterocycles. The van der Waals surface area contributed by atoms with E-state index in [4.69, 9.17) is 11.6 Å². The standard InChI is InChI=1S/C13H11ClN4/c1-8-4-3-5-10(9(8)2)13-17-16-12-7-15-6-11(14)18(12)13/h3-7H,1-2H3. The highest BCUT2D eigenvalue weighted by Gasteiger charge is 2.13. The molecule has 18 heavy (non-hydrogen) atoms. The Morgan fingerprint density at radius 3 is 2.78 bits per heavy atom. The van der Waals surface area contributed by atoms with Crippen molar-refractivity contribution in [3.05, 3.63) is 46.9 Å². The Kier molecular flexibility index (Phi) is 2.52. The van der Waals surface area contributed by atoms with E-state index in [2.05, 4.69) is 35.1 Å². The zero-order chi connectivity index (χ0) is 12.7. The molecular weight excluding hydrogens is 248 g/mol. The minimum atomic E-state index is 0.508. The van der Waals surface area contributed by atoms with Crippen LogP contribution in [0.25, 0.3) is 17.0 Å². The van der Waals surface area contributed by atoms with Crippen LogP contribution in [0, 0.1) is 13.8 Å². The van der Waals surface area contributed by atoms with Crippen LogP contribution in [0.4, 0.5) is 0 Å². The first-order chi connectivity index (χ1) is 8.68. The van der Waals surface area contributed by atoms with Crippen LogP contribution in [0.15, 0.2) is 30.6 Å². The molecule has 0 aliphatic carbocycles. The van der Waals surface area contributed by atoms with E-state index >= 15 is 0 Å². The molecule has 2 aromatic heterocycles. The molecule has 1 aromatic carbocycles. The van der Waals surface area contributed by atoms with Crippen molar-refractivity contribution >= 4 is 17.2 Å². The molecule has 0 amide bonds. The number of benzene rings is 1. The van der Waals surface area contributed by atoms with Gasteiger partial charge in [0.15, 0.2) is 11.5 Å². The molecule has 3 rings (SSSR count). The van der Waals surface area contributed by atoms with Gasteiger partial charge in [-0.1, -0.05) is 29.8 Å². The quantitative estimate of drug-likeness (QED) is 0.674. The smallest absolute Gasteiger partial charge is 0.180 e. The van der Waals surface area contributed by atoms with E-state index in [0.29, 0.717) is 10.8 Å². The molecule has 5 heteroatoms. The van der Waals surface area contributed by atoms with Gasteiger partial charge in [-0.25, -0.2) is 0 Å². The fraction of sp³-hybridized carbons (Fsp3) is 0.154. The zero-order valence-corrected chi connectivity index (χ0v) is 10.8. The number of aromatic nitrogens is 4. The van der Waals surface area contributed by atoms with Gasteiger partial charge in [-0.3, -0.25) is 9.38 Å². The second-order valence-corrected chi connectivity index (χ2v) is 4.58. The van der Waals surface area contributed by atoms with Gasteiger partial charge in [-0.2, -0.15) is 0 Å². The predicted molar refractivity (Wildman–Crippen MR) is 70.7 cm³/mol. The topological polar surface area (TPSA) is 43.1 Å². The molecule has 0 saturated carbocycles. The molecule has 0 unspecified atom stereocenters. The molecule has 0 bridgehead atoms. The van der Waals surface area contributed by atoms with Gasteiger partial charge in [0.25, 0.3) is 0 Å². The van der Waals surface area contributed by atoms with Crippen molar-refractivity contribution in [3.8, 4) is 11.4 Å². The predicted octanol–water partition coefficient (Wildman–Crippen LogP) is 3.06. The fourth-order valence-electron chi connectivity index (χ4n) is 1.98. The van der Waals surface area contributed by atoms with Crippen LogP contribution in [-0.4, -0.2) is 19.6 Å². The van der Waals surface area contributed by atoms with E-state index in [1.807, 2.05) is 12.1 Å². The summed E-state index contributed by atoms with van der Waals surface area (Å²) in [6, 6.07) is 6.11. The van der Waals surface area contributed by atoms with E-state index < -0.39 is 0 Å². The monoisotopic (exact) mass is 258 g/mol. The van der Waals surface area contributed by atoms with Crippen LogP contribution >= 0.6 is 11.6 Å². The Morgan fingerprint density at radius 2 is 1.94 bits per heavy atom. The van der Waals surface area contributed by atoms with E-state index in [1.54, 1.807) is 16.8 Å². The van der Waals surface area contributed by atoms with E-state index in [-0.39, 0.29) is 0 Å². The highest BCUT2D eigenvalue weighted by Crippen LogP contribution is 2.26. The minimum Gasteiger partial charge on any atom is -0.262 e. The van der Waals surface area contributed by atoms with Gasteiger partial charge in [-0.15, -0.1) is 10.2 Å². The van der Waals surface area contributed by atoms with Crippen LogP contribution in [0.2, 0.25) is 5.15 Å². The lowest BCUT2D eigenvalue weighted by molar-refractivity contribution is 1.10. The summed E-state index contributed by atoms with van der Waals surface area (Å²) in [6.07, 6.45) is 3.24. The highest BCUT2D eigenvalue weighted by molar-refractivity contribution is 6.29. The van der Waals surface area contributed by atoms with E-state index in [0.717, 1.165) is 11.4 Å². The molecule has 0 N–H and O–H groups in total. The van der Waals surface area contributed by atoms with Crippen molar-refractivity contribution in [2.45, 2.75) is 13.8 Å². The van der Waals surface area contributed by atoms with E-state index in [9.17, 15) is 0 Å². The van der Waals surface area contributed by atoms with Crippen LogP contribution < -0.4 is 0 Å². The summed E-state index contributed by atoms with van der Waals surface area (Å²) >= 11 is 6.17. The lowest BCUT2D eigenvalue weighted by Gasteiger charge is -2.07. The summed E-state index contributed by atoms with van der Waals surface area (Å²) < 4.78 is 1.80. The summed E-state index contributed by atoms with van der Waals surface area (Å²) in [6.45, 7) is 4.14. The first kappa shape index (κ1) is 11.2. The summed E-state index contributed by atoms with van der Waals surface area (Å²) in [5, 5.41) is 8.82. The number of hydrogen-bond donors (Lipinski definition) is 0. The number of fused-ring (bicyclic) bond motifs is 1. The van der Waals surface area contributed by atoms with E-state index in [1.165, 1.54) is 11.1 Å². The number of nitrogens with zero attached hydrogens (tertiary/aromatic N) is 4. The van der Waals surface area contributed by atoms with Gasteiger partial charge in [0.05, 0.1) is 12.4 Å². The van der Waals surface area contributed by atoms with Gasteiger partial charge >= 0.3 is 0 Å². The van der Waals surface area contributed by atoms with Gasteiger partial charge in [-0.05, 0) is 25.0 Å². The maximum Gasteiger partial charge on any atom is 0.180 e. The average Bonchev–Trinajstić information content (AvgIpc) is 2.78. The van der Waals surface area contributed by atoms with Crippen LogP contribution in [0.5, 0.6) is 0 Å². The SMILES string of the molecule is Cc1cccc(-c2nnc3cncc(Cl)n23)c1C. The first-order valence-electron chi connectivity index (χ1n) is 5.59. The van der Waals surface area contributed by atoms with Crippen molar-refractivity contribution < 1.29 is 0 Å². The molecule has 0 fully saturated rings. The molecule has 0 radical (unpaired) electrons. The van der Waals surface area contributed by atoms with Crippen molar-refractivity contribution in [3.63, 3.8) is 0 Å². The molecule has 3 aromatic rings. The van der Waals surface area contributed by atoms with Gasteiger partial charge in [0, 0.05) is 5.56 Å². The maximum atomic E-state index is 6.17.